The highest BCUT2D eigenvalue weighted by molar-refractivity contribution is 7.25. The highest BCUT2D eigenvalue weighted by Gasteiger charge is 2.67. The predicted molar refractivity (Wildman–Crippen MR) is 137 cm³/mol. The molecule has 0 aliphatic carbocycles. The van der Waals surface area contributed by atoms with Gasteiger partial charge in [0.2, 0.25) is 0 Å². The number of aromatic nitrogens is 1. The largest absolute Gasteiger partial charge is 0.673 e. The number of hydrogen-bond acceptors (Lipinski definition) is 2. The Morgan fingerprint density at radius 2 is 0.949 bits per heavy atom. The van der Waals surface area contributed by atoms with Gasteiger partial charge in [-0.05, 0) is 12.1 Å². The van der Waals surface area contributed by atoms with Crippen molar-refractivity contribution in [3.63, 3.8) is 0 Å². The first kappa shape index (κ1) is 32.2. The molecule has 2 aliphatic rings. The van der Waals surface area contributed by atoms with Crippen molar-refractivity contribution in [3.8, 4) is 0 Å². The molecule has 216 valence electrons. The van der Waals surface area contributed by atoms with E-state index in [2.05, 4.69) is 110 Å². The van der Waals surface area contributed by atoms with Crippen molar-refractivity contribution in [2.45, 2.75) is 38.8 Å². The molecule has 0 fully saturated rings. The summed E-state index contributed by atoms with van der Waals surface area (Å²) in [4.78, 5) is 0. The Balaban J connectivity index is 0.000000458. The summed E-state index contributed by atoms with van der Waals surface area (Å²) < 4.78 is 97.9. The molecule has 2 aliphatic heterocycles. The van der Waals surface area contributed by atoms with Gasteiger partial charge in [0, 0.05) is 27.7 Å². The fourth-order valence-electron chi connectivity index (χ4n) is 4.51. The van der Waals surface area contributed by atoms with E-state index >= 15 is 0 Å². The summed E-state index contributed by atoms with van der Waals surface area (Å²) in [6, 6.07) is 16.8. The number of rotatable bonds is 4. The molecule has 4 rings (SSSR count). The van der Waals surface area contributed by atoms with Gasteiger partial charge in [-0.3, -0.25) is 0 Å². The molecule has 0 spiro atoms. The van der Waals surface area contributed by atoms with E-state index < -0.39 is 20.8 Å². The molecule has 39 heavy (non-hydrogen) atoms. The zero-order valence-corrected chi connectivity index (χ0v) is 22.6. The van der Waals surface area contributed by atoms with E-state index in [1.807, 2.05) is 6.07 Å². The molecule has 5 nitrogen and oxygen atoms in total. The fraction of sp³-hybridized carbons (Fsp3) is 0.435. The molecule has 16 heteroatoms. The lowest BCUT2D eigenvalue weighted by molar-refractivity contribution is -0.579. The van der Waals surface area contributed by atoms with Crippen LogP contribution in [0.15, 0.2) is 60.9 Å². The first-order valence-corrected chi connectivity index (χ1v) is 12.1. The third-order valence-corrected chi connectivity index (χ3v) is 6.81. The second-order valence-electron chi connectivity index (χ2n) is 10.5. The zero-order valence-electron chi connectivity index (χ0n) is 22.6. The Kier molecular flexibility index (Phi) is 9.56. The number of hydrogen-bond donors (Lipinski definition) is 0. The lowest BCUT2D eigenvalue weighted by Gasteiger charge is -2.29. The predicted octanol–water partition coefficient (Wildman–Crippen LogP) is 4.05. The van der Waals surface area contributed by atoms with Crippen LogP contribution in [0.2, 0.25) is 0 Å². The minimum Gasteiger partial charge on any atom is -0.465 e. The highest BCUT2D eigenvalue weighted by atomic mass is 19.5. The number of halogens is 8. The van der Waals surface area contributed by atoms with Crippen LogP contribution in [0.5, 0.6) is 0 Å². The first-order valence-electron chi connectivity index (χ1n) is 12.1. The van der Waals surface area contributed by atoms with Crippen LogP contribution >= 0.6 is 0 Å². The van der Waals surface area contributed by atoms with E-state index in [1.165, 1.54) is 5.46 Å². The van der Waals surface area contributed by atoms with Gasteiger partial charge in [0.1, 0.15) is 26.5 Å². The van der Waals surface area contributed by atoms with Gasteiger partial charge in [0.05, 0.1) is 0 Å². The van der Waals surface area contributed by atoms with Crippen LogP contribution < -0.4 is 9.94 Å². The molecule has 0 saturated carbocycles. The molecule has 1 aromatic heterocycles. The van der Waals surface area contributed by atoms with Crippen LogP contribution in [-0.4, -0.2) is 79.9 Å². The van der Waals surface area contributed by atoms with Gasteiger partial charge in [-0.1, -0.05) is 36.4 Å². The van der Waals surface area contributed by atoms with Crippen LogP contribution in [0.25, 0.3) is 0 Å². The average molecular weight is 567 g/mol. The van der Waals surface area contributed by atoms with E-state index in [9.17, 15) is 34.5 Å². The molecule has 0 radical (unpaired) electrons. The van der Waals surface area contributed by atoms with Crippen molar-refractivity contribution < 1.29 is 57.6 Å². The van der Waals surface area contributed by atoms with Crippen molar-refractivity contribution in [1.29, 1.82) is 0 Å². The van der Waals surface area contributed by atoms with Crippen LogP contribution in [0.3, 0.4) is 0 Å². The Morgan fingerprint density at radius 3 is 1.26 bits per heavy atom. The monoisotopic (exact) mass is 567 g/mol. The lowest BCUT2D eigenvalue weighted by atomic mass is 9.29. The van der Waals surface area contributed by atoms with Crippen molar-refractivity contribution in [2.24, 2.45) is 0 Å². The normalized spacial score (nSPS) is 18.4. The molecule has 0 bridgehead atoms. The molecule has 0 unspecified atom stereocenters. The fourth-order valence-corrected chi connectivity index (χ4v) is 4.51. The van der Waals surface area contributed by atoms with Gasteiger partial charge in [-0.15, -0.1) is 5.46 Å². The standard InChI is InChI=1S/C23H32BN3O2.2BF4/c1-22(2)17-28-20(25(22)5)24(19-13-9-7-10-14-19,27-15-11-8-12-16-27)21-26(6)23(3,4)18-29-21;2*2-1(3,4)5/h7-16H,17-18H2,1-6H3;;/q+2;2*-1. The maximum Gasteiger partial charge on any atom is 0.673 e. The van der Waals surface area contributed by atoms with E-state index in [0.29, 0.717) is 13.2 Å². The molecule has 0 amide bonds. The summed E-state index contributed by atoms with van der Waals surface area (Å²) in [5.74, 6) is 1.88. The third-order valence-electron chi connectivity index (χ3n) is 6.81. The minimum absolute atomic E-state index is 0.0975. The van der Waals surface area contributed by atoms with Crippen LogP contribution in [-0.2, 0) is 9.47 Å². The van der Waals surface area contributed by atoms with E-state index in [0.717, 1.165) is 11.6 Å². The topological polar surface area (TPSA) is 28.4 Å². The van der Waals surface area contributed by atoms with E-state index in [-0.39, 0.29) is 11.1 Å². The van der Waals surface area contributed by atoms with E-state index in [1.54, 1.807) is 0 Å². The van der Waals surface area contributed by atoms with Gasteiger partial charge < -0.3 is 48.5 Å². The number of benzene rings is 1. The second-order valence-corrected chi connectivity index (χ2v) is 10.5. The number of likely N-dealkylation sites (N-methyl/N-ethyl adjacent to an activating group) is 2. The van der Waals surface area contributed by atoms with Crippen molar-refractivity contribution >= 4 is 37.8 Å². The molecular weight excluding hydrogens is 535 g/mol. The molecule has 0 atom stereocenters. The molecule has 3 heterocycles. The van der Waals surface area contributed by atoms with Gasteiger partial charge >= 0.3 is 20.8 Å². The summed E-state index contributed by atoms with van der Waals surface area (Å²) in [5, 5.41) is 0. The third kappa shape index (κ3) is 7.98. The van der Waals surface area contributed by atoms with E-state index in [4.69, 9.17) is 9.47 Å². The van der Waals surface area contributed by atoms with Gasteiger partial charge in [0.15, 0.2) is 24.3 Å². The quantitative estimate of drug-likeness (QED) is 0.317. The maximum absolute atomic E-state index is 9.75. The Hall–Kier alpha value is -3.06. The summed E-state index contributed by atoms with van der Waals surface area (Å²) in [6.07, 6.45) is 2.57. The Labute approximate surface area is 222 Å². The van der Waals surface area contributed by atoms with Crippen molar-refractivity contribution in [1.82, 2.24) is 0 Å². The maximum atomic E-state index is 9.75. The van der Waals surface area contributed by atoms with Crippen molar-refractivity contribution in [3.05, 3.63) is 60.9 Å². The zero-order chi connectivity index (χ0) is 29.9. The molecule has 0 N–H and O–H groups in total. The highest BCUT2D eigenvalue weighted by Crippen LogP contribution is 2.25. The summed E-state index contributed by atoms with van der Waals surface area (Å²) >= 11 is 0. The SMILES string of the molecule is C[N+]1=C([B-](C2=[N+](C)C(C)(C)CO2)(c2ccccc2)[n+]2ccccc2)OCC1(C)C.F[B-](F)(F)F.F[B-](F)(F)F. The van der Waals surface area contributed by atoms with Gasteiger partial charge in [-0.25, -0.2) is 9.15 Å². The van der Waals surface area contributed by atoms with Crippen molar-refractivity contribution in [2.75, 3.05) is 27.3 Å². The Bertz CT molecular complexity index is 1080. The Morgan fingerprint density at radius 1 is 0.615 bits per heavy atom. The summed E-state index contributed by atoms with van der Waals surface area (Å²) in [7, 11) is -7.74. The molecule has 1 aromatic carbocycles. The van der Waals surface area contributed by atoms with Crippen LogP contribution in [0.4, 0.5) is 34.5 Å². The average Bonchev–Trinajstić information content (AvgIpc) is 3.23. The first-order chi connectivity index (χ1) is 17.7. The summed E-state index contributed by atoms with van der Waals surface area (Å²) in [6.45, 7) is 10.2. The summed E-state index contributed by atoms with van der Waals surface area (Å²) in [5.41, 5.74) is 0.974. The van der Waals surface area contributed by atoms with Gasteiger partial charge in [0.25, 0.3) is 11.6 Å². The van der Waals surface area contributed by atoms with Crippen LogP contribution in [0, 0.1) is 0 Å². The lowest BCUT2D eigenvalue weighted by Crippen LogP contribution is -2.83. The molecule has 2 aromatic rings. The molecule has 0 saturated heterocycles. The second kappa shape index (κ2) is 11.6. The minimum atomic E-state index is -6.00. The molecular formula is C23H32B3F8N3O2. The number of ether oxygens (including phenoxy) is 2. The smallest absolute Gasteiger partial charge is 0.465 e. The van der Waals surface area contributed by atoms with Crippen LogP contribution in [0.1, 0.15) is 27.7 Å². The number of nitrogens with zero attached hydrogens (tertiary/aromatic N) is 3. The number of pyridine rings is 1. The van der Waals surface area contributed by atoms with Gasteiger partial charge in [-0.2, -0.15) is 0 Å².